The monoisotopic (exact) mass is 393 g/mol. The number of carbonyl (C=O) groups excluding carboxylic acids is 2. The second-order valence-electron chi connectivity index (χ2n) is 7.76. The number of nitrogens with zero attached hydrogens (tertiary/aromatic N) is 2. The summed E-state index contributed by atoms with van der Waals surface area (Å²) in [5, 5.41) is 9.53. The third-order valence-corrected chi connectivity index (χ3v) is 7.29. The van der Waals surface area contributed by atoms with Crippen molar-refractivity contribution in [3.63, 3.8) is 0 Å². The van der Waals surface area contributed by atoms with Crippen molar-refractivity contribution >= 4 is 23.2 Å². The lowest BCUT2D eigenvalue weighted by Gasteiger charge is -2.43. The topological polar surface area (TPSA) is 96.1 Å². The number of piperidine rings is 1. The van der Waals surface area contributed by atoms with Crippen LogP contribution in [0.5, 0.6) is 0 Å². The molecule has 3 aliphatic rings. The molecular weight excluding hydrogens is 366 g/mol. The maximum atomic E-state index is 13.0. The van der Waals surface area contributed by atoms with E-state index in [1.807, 2.05) is 11.0 Å². The number of aliphatic hydroxyl groups excluding tert-OH is 1. The lowest BCUT2D eigenvalue weighted by molar-refractivity contribution is -0.123. The normalized spacial score (nSPS) is 24.9. The van der Waals surface area contributed by atoms with Gasteiger partial charge in [0.15, 0.2) is 0 Å². The number of hydrogen-bond donors (Lipinski definition) is 2. The number of ether oxygens (including phenoxy) is 1. The van der Waals surface area contributed by atoms with Crippen molar-refractivity contribution in [2.24, 2.45) is 5.73 Å². The van der Waals surface area contributed by atoms with E-state index in [1.54, 1.807) is 11.3 Å². The number of nitrogens with two attached hydrogens (primary N) is 1. The van der Waals surface area contributed by atoms with E-state index in [-0.39, 0.29) is 36.6 Å². The predicted octanol–water partition coefficient (Wildman–Crippen LogP) is 0.694. The van der Waals surface area contributed by atoms with Gasteiger partial charge < -0.3 is 20.5 Å². The van der Waals surface area contributed by atoms with Crippen LogP contribution in [0.2, 0.25) is 0 Å². The Morgan fingerprint density at radius 1 is 1.33 bits per heavy atom. The van der Waals surface area contributed by atoms with Crippen molar-refractivity contribution in [2.75, 3.05) is 39.4 Å². The highest BCUT2D eigenvalue weighted by Crippen LogP contribution is 2.45. The van der Waals surface area contributed by atoms with Crippen molar-refractivity contribution in [2.45, 2.75) is 43.7 Å². The van der Waals surface area contributed by atoms with Gasteiger partial charge in [-0.05, 0) is 37.3 Å². The van der Waals surface area contributed by atoms with E-state index in [1.165, 1.54) is 4.88 Å². The minimum Gasteiger partial charge on any atom is -0.394 e. The Morgan fingerprint density at radius 2 is 2.11 bits per heavy atom. The molecule has 8 heteroatoms. The predicted molar refractivity (Wildman–Crippen MR) is 102 cm³/mol. The van der Waals surface area contributed by atoms with Gasteiger partial charge in [0.1, 0.15) is 0 Å². The second-order valence-corrected chi connectivity index (χ2v) is 8.90. The molecule has 4 heterocycles. The van der Waals surface area contributed by atoms with E-state index in [0.717, 1.165) is 62.2 Å². The van der Waals surface area contributed by atoms with Gasteiger partial charge in [0.05, 0.1) is 36.3 Å². The number of likely N-dealkylation sites (tertiary alicyclic amines) is 2. The van der Waals surface area contributed by atoms with Gasteiger partial charge in [-0.2, -0.15) is 0 Å². The van der Waals surface area contributed by atoms with Crippen LogP contribution in [0.3, 0.4) is 0 Å². The lowest BCUT2D eigenvalue weighted by atomic mass is 9.82. The quantitative estimate of drug-likeness (QED) is 0.785. The number of amides is 2. The summed E-state index contributed by atoms with van der Waals surface area (Å²) in [6.07, 6.45) is 4.27. The molecule has 0 saturated carbocycles. The number of fused-ring (bicyclic) bond motifs is 2. The third-order valence-electron chi connectivity index (χ3n) is 6.11. The lowest BCUT2D eigenvalue weighted by Crippen LogP contribution is -2.48. The number of hydrogen-bond acceptors (Lipinski definition) is 6. The van der Waals surface area contributed by atoms with E-state index >= 15 is 0 Å². The van der Waals surface area contributed by atoms with Gasteiger partial charge in [-0.25, -0.2) is 0 Å². The minimum atomic E-state index is -0.349. The molecule has 27 heavy (non-hydrogen) atoms. The summed E-state index contributed by atoms with van der Waals surface area (Å²) in [5.41, 5.74) is 6.12. The Morgan fingerprint density at radius 3 is 2.81 bits per heavy atom. The Bertz CT molecular complexity index is 727. The van der Waals surface area contributed by atoms with Crippen LogP contribution in [-0.2, 0) is 21.6 Å². The number of thiophene rings is 1. The van der Waals surface area contributed by atoms with Crippen molar-refractivity contribution in [3.8, 4) is 0 Å². The highest BCUT2D eigenvalue weighted by molar-refractivity contribution is 7.14. The molecular formula is C19H27N3O4S. The molecule has 2 saturated heterocycles. The van der Waals surface area contributed by atoms with Crippen molar-refractivity contribution < 1.29 is 19.4 Å². The average molecular weight is 394 g/mol. The molecule has 0 unspecified atom stereocenters. The molecule has 148 valence electrons. The van der Waals surface area contributed by atoms with E-state index < -0.39 is 0 Å². The van der Waals surface area contributed by atoms with Gasteiger partial charge in [-0.15, -0.1) is 11.3 Å². The number of primary amides is 1. The molecule has 4 rings (SSSR count). The van der Waals surface area contributed by atoms with Gasteiger partial charge in [0, 0.05) is 30.9 Å². The maximum Gasteiger partial charge on any atom is 0.264 e. The Balaban J connectivity index is 1.54. The molecule has 3 N–H and O–H groups in total. The fourth-order valence-corrected chi connectivity index (χ4v) is 5.85. The summed E-state index contributed by atoms with van der Waals surface area (Å²) in [4.78, 5) is 30.1. The first-order chi connectivity index (χ1) is 13.0. The standard InChI is InChI=1S/C19H27N3O4S/c20-17(24)11-21-7-4-19(5-8-21)14-10-16(27-15(14)3-9-26-19)18(25)22-6-1-2-13(22)12-23/h10,13,23H,1-9,11-12H2,(H2,20,24)/t13-/m1/s1. The van der Waals surface area contributed by atoms with Crippen molar-refractivity contribution in [1.82, 2.24) is 9.80 Å². The molecule has 0 aromatic carbocycles. The largest absolute Gasteiger partial charge is 0.394 e. The summed E-state index contributed by atoms with van der Waals surface area (Å²) < 4.78 is 6.25. The maximum absolute atomic E-state index is 13.0. The molecule has 0 aliphatic carbocycles. The molecule has 2 fully saturated rings. The average Bonchev–Trinajstić information content (AvgIpc) is 3.30. The van der Waals surface area contributed by atoms with Crippen LogP contribution in [0, 0.1) is 0 Å². The van der Waals surface area contributed by atoms with Crippen LogP contribution in [0.1, 0.15) is 45.8 Å². The van der Waals surface area contributed by atoms with Crippen LogP contribution in [0.25, 0.3) is 0 Å². The summed E-state index contributed by atoms with van der Waals surface area (Å²) >= 11 is 1.58. The zero-order valence-corrected chi connectivity index (χ0v) is 16.3. The van der Waals surface area contributed by atoms with Gasteiger partial charge >= 0.3 is 0 Å². The van der Waals surface area contributed by atoms with Gasteiger partial charge in [-0.1, -0.05) is 0 Å². The van der Waals surface area contributed by atoms with E-state index in [4.69, 9.17) is 10.5 Å². The summed E-state index contributed by atoms with van der Waals surface area (Å²) in [6, 6.07) is 1.97. The second kappa shape index (κ2) is 7.50. The van der Waals surface area contributed by atoms with E-state index in [2.05, 4.69) is 4.90 Å². The SMILES string of the molecule is NC(=O)CN1CCC2(CC1)OCCc1sc(C(=O)N3CCC[C@@H]3CO)cc12. The summed E-state index contributed by atoms with van der Waals surface area (Å²) in [7, 11) is 0. The number of rotatable bonds is 4. The van der Waals surface area contributed by atoms with Gasteiger partial charge in [-0.3, -0.25) is 14.5 Å². The minimum absolute atomic E-state index is 0.0274. The summed E-state index contributed by atoms with van der Waals surface area (Å²) in [5.74, 6) is -0.268. The Labute approximate surface area is 163 Å². The number of carbonyl (C=O) groups is 2. The van der Waals surface area contributed by atoms with Crippen LogP contribution in [0.4, 0.5) is 0 Å². The van der Waals surface area contributed by atoms with E-state index in [9.17, 15) is 14.7 Å². The Kier molecular flexibility index (Phi) is 5.24. The first-order valence-corrected chi connectivity index (χ1v) is 10.5. The molecule has 1 atom stereocenters. The zero-order valence-electron chi connectivity index (χ0n) is 15.5. The van der Waals surface area contributed by atoms with Crippen molar-refractivity contribution in [3.05, 3.63) is 21.4 Å². The molecule has 7 nitrogen and oxygen atoms in total. The molecule has 1 aromatic heterocycles. The van der Waals surface area contributed by atoms with Crippen LogP contribution in [-0.4, -0.2) is 72.2 Å². The van der Waals surface area contributed by atoms with Crippen LogP contribution >= 0.6 is 11.3 Å². The third kappa shape index (κ3) is 3.51. The fourth-order valence-electron chi connectivity index (χ4n) is 4.66. The Hall–Kier alpha value is -1.48. The summed E-state index contributed by atoms with van der Waals surface area (Å²) in [6.45, 7) is 3.23. The molecule has 1 spiro atoms. The van der Waals surface area contributed by atoms with Crippen LogP contribution < -0.4 is 5.73 Å². The smallest absolute Gasteiger partial charge is 0.264 e. The first kappa shape index (κ1) is 18.9. The molecule has 0 bridgehead atoms. The molecule has 1 aromatic rings. The van der Waals surface area contributed by atoms with Gasteiger partial charge in [0.2, 0.25) is 5.91 Å². The van der Waals surface area contributed by atoms with Crippen LogP contribution in [0.15, 0.2) is 6.07 Å². The first-order valence-electron chi connectivity index (χ1n) is 9.72. The fraction of sp³-hybridized carbons (Fsp3) is 0.684. The van der Waals surface area contributed by atoms with Gasteiger partial charge in [0.25, 0.3) is 5.91 Å². The molecule has 3 aliphatic heterocycles. The zero-order chi connectivity index (χ0) is 19.0. The van der Waals surface area contributed by atoms with E-state index in [0.29, 0.717) is 6.61 Å². The molecule has 0 radical (unpaired) electrons. The number of aliphatic hydroxyl groups is 1. The highest BCUT2D eigenvalue weighted by atomic mass is 32.1. The molecule has 2 amide bonds. The highest BCUT2D eigenvalue weighted by Gasteiger charge is 2.43. The van der Waals surface area contributed by atoms with Crippen molar-refractivity contribution in [1.29, 1.82) is 0 Å².